The Kier molecular flexibility index (Phi) is 5.55. The van der Waals surface area contributed by atoms with Gasteiger partial charge >= 0.3 is 5.97 Å². The van der Waals surface area contributed by atoms with Crippen LogP contribution in [0.5, 0.6) is 5.75 Å². The van der Waals surface area contributed by atoms with E-state index < -0.39 is 11.9 Å². The van der Waals surface area contributed by atoms with Gasteiger partial charge in [0, 0.05) is 19.4 Å². The smallest absolute Gasteiger partial charge is 0.340 e. The Hall–Kier alpha value is -1.26. The largest absolute Gasteiger partial charge is 0.461 e. The Morgan fingerprint density at radius 3 is 2.73 bits per heavy atom. The van der Waals surface area contributed by atoms with Crippen molar-refractivity contribution in [2.45, 2.75) is 71.9 Å². The molecule has 0 spiro atoms. The van der Waals surface area contributed by atoms with E-state index >= 15 is 0 Å². The van der Waals surface area contributed by atoms with Gasteiger partial charge in [0.15, 0.2) is 6.10 Å². The molecule has 0 bridgehead atoms. The third kappa shape index (κ3) is 4.01. The van der Waals surface area contributed by atoms with E-state index in [-0.39, 0.29) is 12.1 Å². The summed E-state index contributed by atoms with van der Waals surface area (Å²) < 4.78 is 17.8. The van der Waals surface area contributed by atoms with Gasteiger partial charge in [-0.25, -0.2) is 4.79 Å². The zero-order valence-electron chi connectivity index (χ0n) is 16.3. The van der Waals surface area contributed by atoms with E-state index in [9.17, 15) is 4.79 Å². The van der Waals surface area contributed by atoms with Gasteiger partial charge in [0.05, 0.1) is 5.02 Å². The number of halogens is 1. The van der Waals surface area contributed by atoms with Crippen molar-refractivity contribution < 1.29 is 19.0 Å². The number of fused-ring (bicyclic) bond motifs is 1. The van der Waals surface area contributed by atoms with Gasteiger partial charge in [0.2, 0.25) is 5.79 Å². The lowest BCUT2D eigenvalue weighted by Crippen LogP contribution is -2.43. The summed E-state index contributed by atoms with van der Waals surface area (Å²) in [7, 11) is 0. The summed E-state index contributed by atoms with van der Waals surface area (Å²) in [6.45, 7) is 10.2. The molecule has 0 amide bonds. The number of esters is 1. The van der Waals surface area contributed by atoms with Crippen LogP contribution in [0, 0.1) is 17.8 Å². The van der Waals surface area contributed by atoms with Crippen molar-refractivity contribution in [2.75, 3.05) is 0 Å². The monoisotopic (exact) mass is 380 g/mol. The van der Waals surface area contributed by atoms with E-state index in [0.717, 1.165) is 12.8 Å². The Labute approximate surface area is 161 Å². The molecule has 1 aliphatic carbocycles. The van der Waals surface area contributed by atoms with Crippen LogP contribution >= 0.6 is 11.6 Å². The first-order chi connectivity index (χ1) is 12.2. The molecule has 1 unspecified atom stereocenters. The molecule has 0 aromatic heterocycles. The van der Waals surface area contributed by atoms with Crippen molar-refractivity contribution >= 4 is 17.6 Å². The Morgan fingerprint density at radius 2 is 2.04 bits per heavy atom. The number of carbonyl (C=O) groups is 1. The molecule has 1 aromatic rings. The van der Waals surface area contributed by atoms with Crippen LogP contribution in [0.2, 0.25) is 5.02 Å². The Balaban J connectivity index is 1.84. The molecule has 4 atom stereocenters. The zero-order chi connectivity index (χ0) is 19.1. The first kappa shape index (κ1) is 19.5. The average molecular weight is 381 g/mol. The van der Waals surface area contributed by atoms with Crippen LogP contribution in [-0.2, 0) is 14.3 Å². The minimum atomic E-state index is -0.945. The van der Waals surface area contributed by atoms with Crippen LogP contribution in [-0.4, -0.2) is 17.9 Å². The highest BCUT2D eigenvalue weighted by molar-refractivity contribution is 6.32. The van der Waals surface area contributed by atoms with Crippen LogP contribution in [0.1, 0.15) is 65.5 Å². The fourth-order valence-corrected chi connectivity index (χ4v) is 4.31. The van der Waals surface area contributed by atoms with E-state index in [4.69, 9.17) is 25.8 Å². The van der Waals surface area contributed by atoms with Crippen molar-refractivity contribution in [3.05, 3.63) is 28.8 Å². The van der Waals surface area contributed by atoms with Crippen molar-refractivity contribution in [3.63, 3.8) is 0 Å². The number of benzene rings is 1. The van der Waals surface area contributed by atoms with Gasteiger partial charge in [-0.2, -0.15) is 0 Å². The second kappa shape index (κ2) is 7.40. The minimum absolute atomic E-state index is 0.0663. The highest BCUT2D eigenvalue weighted by Crippen LogP contribution is 2.44. The maximum Gasteiger partial charge on any atom is 0.340 e. The molecule has 1 aliphatic heterocycles. The Morgan fingerprint density at radius 1 is 1.31 bits per heavy atom. The van der Waals surface area contributed by atoms with E-state index in [1.165, 1.54) is 6.42 Å². The Bertz CT molecular complexity index is 670. The second-order valence-corrected chi connectivity index (χ2v) is 8.87. The molecular formula is C21H29ClO4. The lowest BCUT2D eigenvalue weighted by Gasteiger charge is -2.40. The molecule has 0 N–H and O–H groups in total. The predicted octanol–water partition coefficient (Wildman–Crippen LogP) is 5.53. The van der Waals surface area contributed by atoms with Gasteiger partial charge in [0.1, 0.15) is 11.9 Å². The zero-order valence-corrected chi connectivity index (χ0v) is 17.0. The molecule has 1 aromatic carbocycles. The molecule has 0 radical (unpaired) electrons. The van der Waals surface area contributed by atoms with Gasteiger partial charge in [0.25, 0.3) is 0 Å². The SMILES string of the molecule is CC(C)[C@@H]1CC[C@@H](C)C[C@H]1OC(=O)C1OC(C)(C)Oc2c(Cl)cccc21. The molecule has 1 fully saturated rings. The van der Waals surface area contributed by atoms with E-state index in [2.05, 4.69) is 20.8 Å². The summed E-state index contributed by atoms with van der Waals surface area (Å²) in [5.41, 5.74) is 0.631. The average Bonchev–Trinajstić information content (AvgIpc) is 2.54. The second-order valence-electron chi connectivity index (χ2n) is 8.46. The van der Waals surface area contributed by atoms with Crippen LogP contribution in [0.4, 0.5) is 0 Å². The van der Waals surface area contributed by atoms with Crippen LogP contribution in [0.3, 0.4) is 0 Å². The lowest BCUT2D eigenvalue weighted by atomic mass is 9.75. The maximum absolute atomic E-state index is 13.1. The minimum Gasteiger partial charge on any atom is -0.461 e. The van der Waals surface area contributed by atoms with Crippen molar-refractivity contribution in [1.29, 1.82) is 0 Å². The number of rotatable bonds is 3. The molecular weight excluding hydrogens is 352 g/mol. The molecule has 5 heteroatoms. The third-order valence-electron chi connectivity index (χ3n) is 5.47. The first-order valence-corrected chi connectivity index (χ1v) is 9.91. The van der Waals surface area contributed by atoms with Crippen molar-refractivity contribution in [3.8, 4) is 5.75 Å². The molecule has 26 heavy (non-hydrogen) atoms. The lowest BCUT2D eigenvalue weighted by molar-refractivity contribution is -0.224. The fourth-order valence-electron chi connectivity index (χ4n) is 4.09. The van der Waals surface area contributed by atoms with E-state index in [1.807, 2.05) is 6.07 Å². The first-order valence-electron chi connectivity index (χ1n) is 9.53. The topological polar surface area (TPSA) is 44.8 Å². The standard InChI is InChI=1S/C21H29ClO4/c1-12(2)14-10-9-13(3)11-17(14)24-20(23)19-15-7-6-8-16(22)18(15)25-21(4,5)26-19/h6-8,12-14,17,19H,9-11H2,1-5H3/t13-,14+,17-,19?/m1/s1. The number of para-hydroxylation sites is 1. The summed E-state index contributed by atoms with van der Waals surface area (Å²) in [4.78, 5) is 13.1. The molecule has 144 valence electrons. The maximum atomic E-state index is 13.1. The van der Waals surface area contributed by atoms with E-state index in [0.29, 0.717) is 34.1 Å². The predicted molar refractivity (Wildman–Crippen MR) is 101 cm³/mol. The summed E-state index contributed by atoms with van der Waals surface area (Å²) in [6.07, 6.45) is 2.31. The fraction of sp³-hybridized carbons (Fsp3) is 0.667. The summed E-state index contributed by atoms with van der Waals surface area (Å²) in [5.74, 6) is 0.644. The van der Waals surface area contributed by atoms with Crippen LogP contribution in [0.15, 0.2) is 18.2 Å². The molecule has 4 nitrogen and oxygen atoms in total. The third-order valence-corrected chi connectivity index (χ3v) is 5.77. The van der Waals surface area contributed by atoms with Gasteiger partial charge in [-0.3, -0.25) is 0 Å². The number of carbonyl (C=O) groups excluding carboxylic acids is 1. The van der Waals surface area contributed by atoms with Gasteiger partial charge in [-0.1, -0.05) is 50.9 Å². The summed E-state index contributed by atoms with van der Waals surface area (Å²) in [6, 6.07) is 5.36. The molecule has 1 heterocycles. The molecule has 2 aliphatic rings. The highest BCUT2D eigenvalue weighted by Gasteiger charge is 2.42. The van der Waals surface area contributed by atoms with Crippen LogP contribution in [0.25, 0.3) is 0 Å². The van der Waals surface area contributed by atoms with Gasteiger partial charge in [-0.05, 0) is 36.7 Å². The summed E-state index contributed by atoms with van der Waals surface area (Å²) in [5, 5.41) is 0.475. The van der Waals surface area contributed by atoms with Crippen molar-refractivity contribution in [1.82, 2.24) is 0 Å². The van der Waals surface area contributed by atoms with E-state index in [1.54, 1.807) is 26.0 Å². The van der Waals surface area contributed by atoms with Crippen LogP contribution < -0.4 is 4.74 Å². The number of ether oxygens (including phenoxy) is 3. The van der Waals surface area contributed by atoms with Crippen molar-refractivity contribution in [2.24, 2.45) is 17.8 Å². The summed E-state index contributed by atoms with van der Waals surface area (Å²) >= 11 is 6.28. The molecule has 0 saturated heterocycles. The number of hydrogen-bond acceptors (Lipinski definition) is 4. The number of hydrogen-bond donors (Lipinski definition) is 0. The molecule has 3 rings (SSSR count). The highest BCUT2D eigenvalue weighted by atomic mass is 35.5. The quantitative estimate of drug-likeness (QED) is 0.646. The molecule has 1 saturated carbocycles. The van der Waals surface area contributed by atoms with Gasteiger partial charge in [-0.15, -0.1) is 0 Å². The normalized spacial score (nSPS) is 30.4. The van der Waals surface area contributed by atoms with Gasteiger partial charge < -0.3 is 14.2 Å².